The molecule has 0 spiro atoms. The first-order valence-corrected chi connectivity index (χ1v) is 59.8. The molecule has 0 saturated heterocycles. The number of fused-ring (bicyclic) bond motifs is 3. The number of rotatable bonds is 27. The second-order valence-corrected chi connectivity index (χ2v) is 34.9. The highest BCUT2D eigenvalue weighted by atomic mass is 14.2. The van der Waals surface area contributed by atoms with Crippen molar-refractivity contribution in [2.24, 2.45) is 23.7 Å². The largest absolute Gasteiger partial charge is 0.0683 e. The summed E-state index contributed by atoms with van der Waals surface area (Å²) >= 11 is 0. The lowest BCUT2D eigenvalue weighted by atomic mass is 9.92. The lowest BCUT2D eigenvalue weighted by molar-refractivity contribution is 0.490. The minimum absolute atomic E-state index is 0.706. The van der Waals surface area contributed by atoms with Crippen molar-refractivity contribution in [3.05, 3.63) is 406 Å². The summed E-state index contributed by atoms with van der Waals surface area (Å²) in [5.74, 6) is 3.93. The van der Waals surface area contributed by atoms with Gasteiger partial charge in [-0.1, -0.05) is 663 Å². The maximum Gasteiger partial charge on any atom is -0.0105 e. The summed E-state index contributed by atoms with van der Waals surface area (Å²) in [7, 11) is 0. The van der Waals surface area contributed by atoms with Gasteiger partial charge < -0.3 is 0 Å². The molecule has 0 unspecified atom stereocenters. The molecule has 149 heavy (non-hydrogen) atoms. The number of hydrogen-bond donors (Lipinski definition) is 0. The molecule has 0 amide bonds. The Labute approximate surface area is 923 Å². The summed E-state index contributed by atoms with van der Waals surface area (Å²) in [6, 6.07) is 125. The fraction of sp³-hybridized carbons (Fsp3) is 0.423. The molecule has 0 heterocycles. The first-order valence-electron chi connectivity index (χ1n) is 59.8. The molecule has 0 radical (unpaired) electrons. The first-order chi connectivity index (χ1) is 72.8. The van der Waals surface area contributed by atoms with Crippen molar-refractivity contribution in [1.29, 1.82) is 0 Å². The molecule has 15 rings (SSSR count). The Hall–Kier alpha value is -11.2. The molecule has 0 aliphatic heterocycles. The monoisotopic (exact) mass is 2010 g/mol. The van der Waals surface area contributed by atoms with Crippen molar-refractivity contribution in [2.45, 2.75) is 400 Å². The summed E-state index contributed by atoms with van der Waals surface area (Å²) < 4.78 is 0. The highest BCUT2D eigenvalue weighted by Gasteiger charge is 2.13. The summed E-state index contributed by atoms with van der Waals surface area (Å²) in [4.78, 5) is 0. The average Bonchev–Trinajstić information content (AvgIpc) is 0.780. The van der Waals surface area contributed by atoms with Crippen LogP contribution < -0.4 is 0 Å². The van der Waals surface area contributed by atoms with E-state index in [0.29, 0.717) is 5.92 Å². The molecule has 15 aromatic rings. The van der Waals surface area contributed by atoms with Gasteiger partial charge in [0.25, 0.3) is 0 Å². The highest BCUT2D eigenvalue weighted by Crippen LogP contribution is 2.34. The molecule has 0 nitrogen and oxygen atoms in total. The van der Waals surface area contributed by atoms with E-state index in [9.17, 15) is 0 Å². The number of aryl methyl sites for hydroxylation is 8. The van der Waals surface area contributed by atoms with E-state index in [1.807, 2.05) is 180 Å². The molecule has 0 aromatic heterocycles. The Morgan fingerprint density at radius 1 is 0.174 bits per heavy atom. The Kier molecular flexibility index (Phi) is 89.8. The van der Waals surface area contributed by atoms with Crippen molar-refractivity contribution in [1.82, 2.24) is 0 Å². The Bertz CT molecular complexity index is 5450. The van der Waals surface area contributed by atoms with E-state index >= 15 is 0 Å². The third-order valence-corrected chi connectivity index (χ3v) is 25.3. The first kappa shape index (κ1) is 144. The summed E-state index contributed by atoms with van der Waals surface area (Å²) in [6.45, 7) is 89.9. The maximum absolute atomic E-state index is 2.38. The molecular formula is C149H220. The fourth-order valence-corrected chi connectivity index (χ4v) is 16.4. The van der Waals surface area contributed by atoms with Crippen LogP contribution in [-0.4, -0.2) is 0 Å². The Morgan fingerprint density at radius 2 is 0.383 bits per heavy atom. The molecule has 0 atom stereocenters. The third-order valence-electron chi connectivity index (χ3n) is 25.3. The Balaban J connectivity index is -0.000000811. The van der Waals surface area contributed by atoms with Crippen molar-refractivity contribution in [3.63, 3.8) is 0 Å². The summed E-state index contributed by atoms with van der Waals surface area (Å²) in [6.07, 6.45) is 18.3. The van der Waals surface area contributed by atoms with Crippen molar-refractivity contribution < 1.29 is 0 Å². The molecule has 0 bridgehead atoms. The van der Waals surface area contributed by atoms with Crippen LogP contribution in [0.4, 0.5) is 0 Å². The fourth-order valence-electron chi connectivity index (χ4n) is 16.4. The van der Waals surface area contributed by atoms with Gasteiger partial charge in [0, 0.05) is 0 Å². The highest BCUT2D eigenvalue weighted by molar-refractivity contribution is 6.07. The van der Waals surface area contributed by atoms with Gasteiger partial charge >= 0.3 is 0 Å². The normalized spacial score (nSPS) is 9.61. The lowest BCUT2D eigenvalue weighted by Gasteiger charge is -2.13. The van der Waals surface area contributed by atoms with Crippen LogP contribution in [-0.2, 0) is 38.5 Å². The van der Waals surface area contributed by atoms with Crippen LogP contribution in [0, 0.1) is 58.3 Å². The van der Waals surface area contributed by atoms with Gasteiger partial charge in [-0.25, -0.2) is 0 Å². The van der Waals surface area contributed by atoms with E-state index < -0.39 is 0 Å². The van der Waals surface area contributed by atoms with E-state index in [2.05, 4.69) is 457 Å². The minimum Gasteiger partial charge on any atom is -0.0683 e. The zero-order chi connectivity index (χ0) is 113. The molecule has 15 aromatic carbocycles. The maximum atomic E-state index is 2.38. The lowest BCUT2D eigenvalue weighted by Crippen LogP contribution is -2.01. The van der Waals surface area contributed by atoms with Gasteiger partial charge in [0.15, 0.2) is 0 Å². The van der Waals surface area contributed by atoms with Gasteiger partial charge in [-0.2, -0.15) is 0 Å². The van der Waals surface area contributed by atoms with E-state index in [1.165, 1.54) is 250 Å². The standard InChI is InChI=1S/C25H28.C22H22.C21H24.C19H24.2C18H22.13C2H6/c1-4-20(5-2)18-21-8-12-23(13-9-21)25-16-14-24(15-17-25)22-10-6-19(3)7-11-22;1-3-17-8-12-19(13-9-17)21-6-5-7-22(16-21)20-14-10-18(4-2)11-15-20;1-4-16(5-2)13-17-7-11-21-19(14-17)9-8-18-12-15(3)6-10-20(18)21;1-4-16(5-2)14-17-8-12-19(13-9-17)18-10-6-15(3)7-11-18;1-14(2)4-7-16-8-12-18(13-9-16)17-10-5-15(3)6-11-17;1-4-15(5-2)16-10-12-18(13-11-16)17-8-6-14(3)7-9-17;13*1-2/h6-17,20H,4-5,18H2,1-3H3;5-16H,3-4H2,1-2H3;6-12,14,16H,4-5,13H2,1-3H3;6-13,16H,4-5,14H2,1-3H3;5-6,8-14H,4,7H2,1-3H3;6-13,15H,4-5H2,1-3H3;13*1-2H3. The van der Waals surface area contributed by atoms with Gasteiger partial charge in [-0.15, -0.1) is 0 Å². The van der Waals surface area contributed by atoms with Crippen LogP contribution in [0.5, 0.6) is 0 Å². The predicted octanol–water partition coefficient (Wildman–Crippen LogP) is 49.5. The van der Waals surface area contributed by atoms with Crippen molar-refractivity contribution in [3.8, 4) is 77.9 Å². The SMILES string of the molecule is CC.CC.CC.CC.CC.CC.CC.CC.CC.CC.CC.CC.CC.CCC(CC)Cc1ccc(-c2ccc(-c3ccc(C)cc3)cc2)cc1.CCC(CC)Cc1ccc(-c2ccc(C)cc2)cc1.CCC(CC)Cc1ccc2c(ccc3cc(C)ccc32)c1.CCC(CC)c1ccc(-c2ccc(C)cc2)cc1.CCc1ccc(-c2cccc(-c3ccc(CC)cc3)c2)cc1.Cc1ccc(-c2ccc(CCC(C)C)cc2)cc1. The molecule has 816 valence electrons. The number of hydrogen-bond acceptors (Lipinski definition) is 0. The van der Waals surface area contributed by atoms with Gasteiger partial charge in [0.05, 0.1) is 0 Å². The van der Waals surface area contributed by atoms with E-state index in [1.54, 1.807) is 0 Å². The molecular weight excluding hydrogens is 1790 g/mol. The van der Waals surface area contributed by atoms with E-state index in [4.69, 9.17) is 0 Å². The molecule has 0 N–H and O–H groups in total. The van der Waals surface area contributed by atoms with Crippen LogP contribution in [0.15, 0.2) is 340 Å². The van der Waals surface area contributed by atoms with E-state index in [-0.39, 0.29) is 0 Å². The van der Waals surface area contributed by atoms with Gasteiger partial charge in [0.1, 0.15) is 0 Å². The van der Waals surface area contributed by atoms with Crippen LogP contribution >= 0.6 is 0 Å². The van der Waals surface area contributed by atoms with Gasteiger partial charge in [-0.3, -0.25) is 0 Å². The average molecular weight is 2010 g/mol. The smallest absolute Gasteiger partial charge is 0.0105 e. The molecule has 0 aliphatic carbocycles. The van der Waals surface area contributed by atoms with Crippen LogP contribution in [0.25, 0.3) is 99.4 Å². The summed E-state index contributed by atoms with van der Waals surface area (Å²) in [5.41, 5.74) is 34.7. The zero-order valence-electron chi connectivity index (χ0n) is 104. The number of benzene rings is 15. The van der Waals surface area contributed by atoms with E-state index in [0.717, 1.165) is 36.5 Å². The minimum atomic E-state index is 0.706. The molecule has 0 heteroatoms. The zero-order valence-corrected chi connectivity index (χ0v) is 104. The van der Waals surface area contributed by atoms with Crippen molar-refractivity contribution >= 4 is 21.5 Å². The van der Waals surface area contributed by atoms with Crippen molar-refractivity contribution in [2.75, 3.05) is 0 Å². The third kappa shape index (κ3) is 54.9. The van der Waals surface area contributed by atoms with Gasteiger partial charge in [-0.05, 0) is 266 Å². The second kappa shape index (κ2) is 92.9. The summed E-state index contributed by atoms with van der Waals surface area (Å²) in [5, 5.41) is 5.46. The molecule has 0 saturated carbocycles. The van der Waals surface area contributed by atoms with Crippen LogP contribution in [0.1, 0.15) is 394 Å². The predicted molar refractivity (Wildman–Crippen MR) is 691 cm³/mol. The van der Waals surface area contributed by atoms with Gasteiger partial charge in [0.2, 0.25) is 0 Å². The topological polar surface area (TPSA) is 0 Å². The van der Waals surface area contributed by atoms with Crippen LogP contribution in [0.3, 0.4) is 0 Å². The van der Waals surface area contributed by atoms with Crippen LogP contribution in [0.2, 0.25) is 0 Å². The molecule has 0 aliphatic rings. The Morgan fingerprint density at radius 3 is 0.638 bits per heavy atom. The molecule has 0 fully saturated rings. The second-order valence-electron chi connectivity index (χ2n) is 34.9. The quantitative estimate of drug-likeness (QED) is 0.0450.